The lowest BCUT2D eigenvalue weighted by atomic mass is 10.0. The average molecular weight is 392 g/mol. The standard InChI is InChI=1S/C23H24N2O4/c1-14-10-19(22-15(2)16(3)23(27)29-20(22)11-14)28-13-21(26)25(18-7-8-18)12-17-6-4-5-9-24-17/h4-6,9-11,18H,7-8,12-13H2,1-3H3. The summed E-state index contributed by atoms with van der Waals surface area (Å²) in [7, 11) is 0. The van der Waals surface area contributed by atoms with Crippen molar-refractivity contribution in [3.05, 3.63) is 69.3 Å². The van der Waals surface area contributed by atoms with Gasteiger partial charge in [0.05, 0.1) is 17.6 Å². The fourth-order valence-electron chi connectivity index (χ4n) is 3.50. The number of fused-ring (bicyclic) bond motifs is 1. The first kappa shape index (κ1) is 19.2. The predicted octanol–water partition coefficient (Wildman–Crippen LogP) is 3.68. The second-order valence-corrected chi connectivity index (χ2v) is 7.64. The van der Waals surface area contributed by atoms with Gasteiger partial charge in [-0.05, 0) is 69.0 Å². The molecule has 2 aromatic heterocycles. The molecule has 6 nitrogen and oxygen atoms in total. The summed E-state index contributed by atoms with van der Waals surface area (Å²) in [5.41, 5.74) is 3.25. The van der Waals surface area contributed by atoms with Crippen molar-refractivity contribution in [2.75, 3.05) is 6.61 Å². The van der Waals surface area contributed by atoms with Crippen LogP contribution in [0.4, 0.5) is 0 Å². The van der Waals surface area contributed by atoms with Crippen molar-refractivity contribution in [1.29, 1.82) is 0 Å². The topological polar surface area (TPSA) is 72.6 Å². The zero-order valence-electron chi connectivity index (χ0n) is 16.9. The van der Waals surface area contributed by atoms with Gasteiger partial charge < -0.3 is 14.1 Å². The van der Waals surface area contributed by atoms with E-state index < -0.39 is 0 Å². The molecule has 0 bridgehead atoms. The lowest BCUT2D eigenvalue weighted by Crippen LogP contribution is -2.36. The van der Waals surface area contributed by atoms with Gasteiger partial charge in [-0.2, -0.15) is 0 Å². The lowest BCUT2D eigenvalue weighted by molar-refractivity contribution is -0.134. The van der Waals surface area contributed by atoms with Crippen LogP contribution in [-0.2, 0) is 11.3 Å². The van der Waals surface area contributed by atoms with Gasteiger partial charge in [-0.25, -0.2) is 4.79 Å². The third-order valence-corrected chi connectivity index (χ3v) is 5.37. The predicted molar refractivity (Wildman–Crippen MR) is 110 cm³/mol. The van der Waals surface area contributed by atoms with Crippen molar-refractivity contribution in [3.63, 3.8) is 0 Å². The van der Waals surface area contributed by atoms with E-state index in [1.54, 1.807) is 13.1 Å². The Balaban J connectivity index is 1.58. The van der Waals surface area contributed by atoms with E-state index in [0.717, 1.165) is 35.0 Å². The van der Waals surface area contributed by atoms with Crippen LogP contribution in [-0.4, -0.2) is 28.4 Å². The van der Waals surface area contributed by atoms with E-state index in [-0.39, 0.29) is 24.2 Å². The zero-order valence-corrected chi connectivity index (χ0v) is 16.9. The molecule has 4 rings (SSSR count). The van der Waals surface area contributed by atoms with E-state index >= 15 is 0 Å². The Morgan fingerprint density at radius 1 is 1.21 bits per heavy atom. The fourth-order valence-corrected chi connectivity index (χ4v) is 3.50. The van der Waals surface area contributed by atoms with Crippen molar-refractivity contribution in [2.24, 2.45) is 0 Å². The maximum absolute atomic E-state index is 12.9. The molecule has 3 aromatic rings. The summed E-state index contributed by atoms with van der Waals surface area (Å²) in [6, 6.07) is 9.65. The molecule has 0 N–H and O–H groups in total. The second-order valence-electron chi connectivity index (χ2n) is 7.64. The lowest BCUT2D eigenvalue weighted by Gasteiger charge is -2.22. The Bertz CT molecular complexity index is 1120. The molecular weight excluding hydrogens is 368 g/mol. The van der Waals surface area contributed by atoms with Crippen LogP contribution in [0.15, 0.2) is 45.7 Å². The largest absolute Gasteiger partial charge is 0.483 e. The molecular formula is C23H24N2O4. The molecule has 0 radical (unpaired) electrons. The summed E-state index contributed by atoms with van der Waals surface area (Å²) in [5.74, 6) is 0.492. The Morgan fingerprint density at radius 3 is 2.69 bits per heavy atom. The minimum Gasteiger partial charge on any atom is -0.483 e. The third-order valence-electron chi connectivity index (χ3n) is 5.37. The molecule has 0 aliphatic heterocycles. The van der Waals surface area contributed by atoms with Crippen LogP contribution in [0.2, 0.25) is 0 Å². The minimum atomic E-state index is -0.349. The zero-order chi connectivity index (χ0) is 20.5. The molecule has 1 aromatic carbocycles. The minimum absolute atomic E-state index is 0.0698. The molecule has 0 unspecified atom stereocenters. The van der Waals surface area contributed by atoms with Crippen LogP contribution in [0.1, 0.15) is 35.2 Å². The van der Waals surface area contributed by atoms with Gasteiger partial charge in [0.15, 0.2) is 6.61 Å². The number of nitrogens with zero attached hydrogens (tertiary/aromatic N) is 2. The number of amides is 1. The molecule has 1 fully saturated rings. The smallest absolute Gasteiger partial charge is 0.339 e. The molecule has 1 aliphatic carbocycles. The molecule has 150 valence electrons. The first-order chi connectivity index (χ1) is 13.9. The Kier molecular flexibility index (Phi) is 5.09. The summed E-state index contributed by atoms with van der Waals surface area (Å²) in [6.07, 6.45) is 3.75. The van der Waals surface area contributed by atoms with Crippen LogP contribution in [0.25, 0.3) is 11.0 Å². The van der Waals surface area contributed by atoms with Gasteiger partial charge in [0.25, 0.3) is 5.91 Å². The molecule has 0 atom stereocenters. The van der Waals surface area contributed by atoms with Gasteiger partial charge in [0.1, 0.15) is 11.3 Å². The van der Waals surface area contributed by atoms with Gasteiger partial charge in [-0.1, -0.05) is 6.07 Å². The normalized spacial score (nSPS) is 13.5. The Labute approximate surface area is 169 Å². The quantitative estimate of drug-likeness (QED) is 0.599. The highest BCUT2D eigenvalue weighted by Gasteiger charge is 2.33. The van der Waals surface area contributed by atoms with Crippen LogP contribution in [0, 0.1) is 20.8 Å². The third kappa shape index (κ3) is 4.01. The highest BCUT2D eigenvalue weighted by atomic mass is 16.5. The maximum atomic E-state index is 12.9. The van der Waals surface area contributed by atoms with Crippen molar-refractivity contribution >= 4 is 16.9 Å². The highest BCUT2D eigenvalue weighted by Crippen LogP contribution is 2.32. The van der Waals surface area contributed by atoms with Crippen molar-refractivity contribution in [3.8, 4) is 5.75 Å². The number of hydrogen-bond donors (Lipinski definition) is 0. The summed E-state index contributed by atoms with van der Waals surface area (Å²) in [6.45, 7) is 5.92. The highest BCUT2D eigenvalue weighted by molar-refractivity contribution is 5.88. The Morgan fingerprint density at radius 2 is 2.00 bits per heavy atom. The number of rotatable bonds is 6. The van der Waals surface area contributed by atoms with Gasteiger partial charge >= 0.3 is 5.63 Å². The van der Waals surface area contributed by atoms with E-state index in [1.807, 2.05) is 49.1 Å². The molecule has 1 amide bonds. The van der Waals surface area contributed by atoms with E-state index in [0.29, 0.717) is 23.4 Å². The average Bonchev–Trinajstić information content (AvgIpc) is 3.54. The van der Waals surface area contributed by atoms with Crippen molar-refractivity contribution < 1.29 is 13.9 Å². The van der Waals surface area contributed by atoms with Gasteiger partial charge in [0.2, 0.25) is 0 Å². The first-order valence-electron chi connectivity index (χ1n) is 9.81. The first-order valence-corrected chi connectivity index (χ1v) is 9.81. The summed E-state index contributed by atoms with van der Waals surface area (Å²) in [4.78, 5) is 31.1. The Hall–Kier alpha value is -3.15. The van der Waals surface area contributed by atoms with E-state index in [1.165, 1.54) is 0 Å². The van der Waals surface area contributed by atoms with E-state index in [9.17, 15) is 9.59 Å². The molecule has 0 spiro atoms. The summed E-state index contributed by atoms with van der Waals surface area (Å²) in [5, 5.41) is 0.739. The van der Waals surface area contributed by atoms with Gasteiger partial charge in [-0.15, -0.1) is 0 Å². The fraction of sp³-hybridized carbons (Fsp3) is 0.348. The van der Waals surface area contributed by atoms with Crippen LogP contribution in [0.5, 0.6) is 5.75 Å². The number of ether oxygens (including phenoxy) is 1. The van der Waals surface area contributed by atoms with E-state index in [4.69, 9.17) is 9.15 Å². The molecule has 2 heterocycles. The monoisotopic (exact) mass is 392 g/mol. The number of carbonyl (C=O) groups is 1. The van der Waals surface area contributed by atoms with Crippen molar-refractivity contribution in [1.82, 2.24) is 9.88 Å². The molecule has 6 heteroatoms. The van der Waals surface area contributed by atoms with Crippen LogP contribution in [0.3, 0.4) is 0 Å². The van der Waals surface area contributed by atoms with Crippen LogP contribution >= 0.6 is 0 Å². The number of pyridine rings is 1. The number of hydrogen-bond acceptors (Lipinski definition) is 5. The van der Waals surface area contributed by atoms with E-state index in [2.05, 4.69) is 4.98 Å². The number of carbonyl (C=O) groups excluding carboxylic acids is 1. The second kappa shape index (κ2) is 7.70. The van der Waals surface area contributed by atoms with Crippen molar-refractivity contribution in [2.45, 2.75) is 46.2 Å². The van der Waals surface area contributed by atoms with Gasteiger partial charge in [0, 0.05) is 17.8 Å². The molecule has 0 saturated heterocycles. The number of aromatic nitrogens is 1. The number of aryl methyl sites for hydroxylation is 2. The van der Waals surface area contributed by atoms with Gasteiger partial charge in [-0.3, -0.25) is 9.78 Å². The maximum Gasteiger partial charge on any atom is 0.339 e. The molecule has 1 aliphatic rings. The van der Waals surface area contributed by atoms with Crippen LogP contribution < -0.4 is 10.4 Å². The molecule has 1 saturated carbocycles. The summed E-state index contributed by atoms with van der Waals surface area (Å²) >= 11 is 0. The molecule has 29 heavy (non-hydrogen) atoms. The summed E-state index contributed by atoms with van der Waals surface area (Å²) < 4.78 is 11.4. The SMILES string of the molecule is Cc1cc(OCC(=O)N(Cc2ccccn2)C2CC2)c2c(C)c(C)c(=O)oc2c1. The number of benzene rings is 1.